The Bertz CT molecular complexity index is 316. The van der Waals surface area contributed by atoms with E-state index in [1.807, 2.05) is 41.6 Å². The first kappa shape index (κ1) is 13.4. The molecule has 0 saturated heterocycles. The summed E-state index contributed by atoms with van der Waals surface area (Å²) in [6, 6.07) is 10.1. The van der Waals surface area contributed by atoms with E-state index >= 15 is 0 Å². The van der Waals surface area contributed by atoms with Gasteiger partial charge in [0.15, 0.2) is 0 Å². The topological polar surface area (TPSA) is 46.3 Å². The highest BCUT2D eigenvalue weighted by Gasteiger charge is 2.11. The third-order valence-electron chi connectivity index (χ3n) is 2.25. The lowest BCUT2D eigenvalue weighted by Crippen LogP contribution is -2.32. The van der Waals surface area contributed by atoms with Crippen molar-refractivity contribution in [1.82, 2.24) is 4.31 Å². The summed E-state index contributed by atoms with van der Waals surface area (Å²) < 4.78 is 13.9. The van der Waals surface area contributed by atoms with E-state index in [4.69, 9.17) is 5.73 Å². The molecule has 0 aliphatic carbocycles. The zero-order chi connectivity index (χ0) is 11.8. The normalized spacial score (nSPS) is 12.9. The molecular weight excluding hydrogens is 220 g/mol. The van der Waals surface area contributed by atoms with Crippen molar-refractivity contribution in [3.63, 3.8) is 0 Å². The third kappa shape index (κ3) is 4.43. The maximum atomic E-state index is 11.9. The molecule has 1 atom stereocenters. The highest BCUT2D eigenvalue weighted by Crippen LogP contribution is 2.07. The van der Waals surface area contributed by atoms with E-state index in [0.29, 0.717) is 25.4 Å². The Kier molecular flexibility index (Phi) is 6.30. The molecule has 0 aromatic heterocycles. The van der Waals surface area contributed by atoms with Gasteiger partial charge in [-0.05, 0) is 12.0 Å². The van der Waals surface area contributed by atoms with Crippen molar-refractivity contribution >= 4 is 11.0 Å². The molecule has 1 aromatic carbocycles. The van der Waals surface area contributed by atoms with Crippen LogP contribution in [0.25, 0.3) is 0 Å². The third-order valence-corrected chi connectivity index (χ3v) is 3.89. The average Bonchev–Trinajstić information content (AvgIpc) is 2.30. The van der Waals surface area contributed by atoms with Gasteiger partial charge < -0.3 is 5.73 Å². The first-order chi connectivity index (χ1) is 7.77. The van der Waals surface area contributed by atoms with Crippen molar-refractivity contribution in [1.29, 1.82) is 0 Å². The smallest absolute Gasteiger partial charge is 0.0946 e. The molecule has 0 bridgehead atoms. The van der Waals surface area contributed by atoms with Crippen LogP contribution < -0.4 is 5.73 Å². The summed E-state index contributed by atoms with van der Waals surface area (Å²) in [6.45, 7) is 3.98. The molecule has 1 rings (SSSR count). The van der Waals surface area contributed by atoms with Crippen LogP contribution in [0.4, 0.5) is 0 Å². The lowest BCUT2D eigenvalue weighted by molar-refractivity contribution is 0.449. The molecule has 4 heteroatoms. The highest BCUT2D eigenvalue weighted by molar-refractivity contribution is 7.82. The van der Waals surface area contributed by atoms with Gasteiger partial charge in [0.25, 0.3) is 0 Å². The first-order valence-electron chi connectivity index (χ1n) is 5.65. The summed E-state index contributed by atoms with van der Waals surface area (Å²) in [5.41, 5.74) is 6.72. The molecule has 0 aliphatic rings. The molecule has 0 aliphatic heterocycles. The van der Waals surface area contributed by atoms with E-state index < -0.39 is 11.0 Å². The molecule has 0 heterocycles. The number of nitrogens with two attached hydrogens (primary N) is 1. The van der Waals surface area contributed by atoms with Crippen molar-refractivity contribution in [2.45, 2.75) is 19.9 Å². The number of nitrogens with zero attached hydrogens (tertiary/aromatic N) is 1. The van der Waals surface area contributed by atoms with Crippen LogP contribution in [0.5, 0.6) is 0 Å². The molecule has 0 amide bonds. The van der Waals surface area contributed by atoms with Gasteiger partial charge in [0.1, 0.15) is 0 Å². The Labute approximate surface area is 100 Å². The van der Waals surface area contributed by atoms with E-state index in [0.717, 1.165) is 6.42 Å². The minimum Gasteiger partial charge on any atom is -0.329 e. The molecule has 0 radical (unpaired) electrons. The van der Waals surface area contributed by atoms with Crippen molar-refractivity contribution in [2.75, 3.05) is 18.8 Å². The second-order valence-electron chi connectivity index (χ2n) is 3.66. The molecule has 16 heavy (non-hydrogen) atoms. The largest absolute Gasteiger partial charge is 0.329 e. The van der Waals surface area contributed by atoms with E-state index in [-0.39, 0.29) is 0 Å². The molecule has 0 fully saturated rings. The van der Waals surface area contributed by atoms with Gasteiger partial charge in [-0.25, -0.2) is 8.51 Å². The van der Waals surface area contributed by atoms with Gasteiger partial charge in [-0.15, -0.1) is 0 Å². The predicted molar refractivity (Wildman–Crippen MR) is 69.2 cm³/mol. The Morgan fingerprint density at radius 2 is 2.00 bits per heavy atom. The van der Waals surface area contributed by atoms with Crippen molar-refractivity contribution < 1.29 is 4.21 Å². The molecule has 1 aromatic rings. The van der Waals surface area contributed by atoms with Crippen LogP contribution in [-0.4, -0.2) is 27.4 Å². The van der Waals surface area contributed by atoms with Crippen LogP contribution >= 0.6 is 0 Å². The van der Waals surface area contributed by atoms with Crippen molar-refractivity contribution in [3.8, 4) is 0 Å². The minimum absolute atomic E-state index is 0.544. The zero-order valence-corrected chi connectivity index (χ0v) is 10.6. The summed E-state index contributed by atoms with van der Waals surface area (Å²) >= 11 is 0. The highest BCUT2D eigenvalue weighted by atomic mass is 32.2. The lowest BCUT2D eigenvalue weighted by Gasteiger charge is -2.20. The Morgan fingerprint density at radius 3 is 2.56 bits per heavy atom. The lowest BCUT2D eigenvalue weighted by atomic mass is 10.2. The Morgan fingerprint density at radius 1 is 1.31 bits per heavy atom. The van der Waals surface area contributed by atoms with E-state index in [1.165, 1.54) is 5.56 Å². The van der Waals surface area contributed by atoms with Crippen LogP contribution in [0.2, 0.25) is 0 Å². The van der Waals surface area contributed by atoms with Crippen LogP contribution in [0, 0.1) is 0 Å². The standard InChI is InChI=1S/C12H20N2OS/c1-2-10-16(15)14(9-8-13)11-12-6-4-3-5-7-12/h3-7H,2,8-11,13H2,1H3. The Hall–Kier alpha value is -0.710. The maximum Gasteiger partial charge on any atom is 0.0946 e. The quantitative estimate of drug-likeness (QED) is 0.785. The van der Waals surface area contributed by atoms with Crippen LogP contribution in [0.1, 0.15) is 18.9 Å². The van der Waals surface area contributed by atoms with Gasteiger partial charge in [-0.3, -0.25) is 0 Å². The van der Waals surface area contributed by atoms with Crippen molar-refractivity contribution in [2.24, 2.45) is 5.73 Å². The molecule has 0 spiro atoms. The van der Waals surface area contributed by atoms with Gasteiger partial charge in [-0.2, -0.15) is 0 Å². The summed E-state index contributed by atoms with van der Waals surface area (Å²) in [5.74, 6) is 0.715. The van der Waals surface area contributed by atoms with E-state index in [1.54, 1.807) is 0 Å². The predicted octanol–water partition coefficient (Wildman–Crippen LogP) is 1.52. The van der Waals surface area contributed by atoms with Gasteiger partial charge in [0, 0.05) is 25.4 Å². The second-order valence-corrected chi connectivity index (χ2v) is 5.23. The number of benzene rings is 1. The fourth-order valence-electron chi connectivity index (χ4n) is 1.49. The first-order valence-corrected chi connectivity index (χ1v) is 6.93. The summed E-state index contributed by atoms with van der Waals surface area (Å²) in [6.07, 6.45) is 0.933. The van der Waals surface area contributed by atoms with Crippen LogP contribution in [-0.2, 0) is 17.5 Å². The summed E-state index contributed by atoms with van der Waals surface area (Å²) in [4.78, 5) is 0. The van der Waals surface area contributed by atoms with E-state index in [9.17, 15) is 4.21 Å². The molecule has 0 saturated carbocycles. The number of hydrogen-bond donors (Lipinski definition) is 1. The molecule has 1 unspecified atom stereocenters. The average molecular weight is 240 g/mol. The SMILES string of the molecule is CCCS(=O)N(CCN)Cc1ccccc1. The Balaban J connectivity index is 2.60. The molecular formula is C12H20N2OS. The minimum atomic E-state index is -0.905. The van der Waals surface area contributed by atoms with Crippen LogP contribution in [0.15, 0.2) is 30.3 Å². The second kappa shape index (κ2) is 7.54. The monoisotopic (exact) mass is 240 g/mol. The fraction of sp³-hybridized carbons (Fsp3) is 0.500. The van der Waals surface area contributed by atoms with Gasteiger partial charge in [0.05, 0.1) is 11.0 Å². The maximum absolute atomic E-state index is 11.9. The summed E-state index contributed by atoms with van der Waals surface area (Å²) in [7, 11) is -0.905. The zero-order valence-electron chi connectivity index (χ0n) is 9.76. The molecule has 2 N–H and O–H groups in total. The van der Waals surface area contributed by atoms with Gasteiger partial charge >= 0.3 is 0 Å². The van der Waals surface area contributed by atoms with Crippen LogP contribution in [0.3, 0.4) is 0 Å². The van der Waals surface area contributed by atoms with E-state index in [2.05, 4.69) is 0 Å². The fourth-order valence-corrected chi connectivity index (χ4v) is 2.70. The van der Waals surface area contributed by atoms with Gasteiger partial charge in [-0.1, -0.05) is 37.3 Å². The van der Waals surface area contributed by atoms with Gasteiger partial charge in [0.2, 0.25) is 0 Å². The molecule has 90 valence electrons. The number of hydrogen-bond acceptors (Lipinski definition) is 2. The summed E-state index contributed by atoms with van der Waals surface area (Å²) in [5, 5.41) is 0. The number of rotatable bonds is 7. The van der Waals surface area contributed by atoms with Crippen molar-refractivity contribution in [3.05, 3.63) is 35.9 Å². The molecule has 3 nitrogen and oxygen atoms in total.